The molecule has 0 heteroatoms. The summed E-state index contributed by atoms with van der Waals surface area (Å²) in [5.41, 5.74) is 1.40. The predicted octanol–water partition coefficient (Wildman–Crippen LogP) is 5.74. The van der Waals surface area contributed by atoms with Crippen LogP contribution in [0, 0.1) is 6.42 Å². The standard InChI is InChI=1S/C19H19/c1-2-3-4-13-19-17-11-7-5-9-15(17)14-16-10-6-8-12-18(16)19/h5-14H,2-4H2,1H3. The molecule has 0 unspecified atom stereocenters. The third kappa shape index (κ3) is 2.35. The third-order valence-corrected chi connectivity index (χ3v) is 3.72. The Labute approximate surface area is 115 Å². The number of rotatable bonds is 4. The Bertz CT molecular complexity index is 641. The highest BCUT2D eigenvalue weighted by molar-refractivity contribution is 6.03. The smallest absolute Gasteiger partial charge is 0.00803 e. The van der Waals surface area contributed by atoms with E-state index in [0.29, 0.717) is 0 Å². The van der Waals surface area contributed by atoms with Gasteiger partial charge in [0.2, 0.25) is 0 Å². The highest BCUT2D eigenvalue weighted by Crippen LogP contribution is 2.30. The van der Waals surface area contributed by atoms with Crippen LogP contribution in [-0.4, -0.2) is 0 Å². The van der Waals surface area contributed by atoms with E-state index in [1.165, 1.54) is 39.9 Å². The second kappa shape index (κ2) is 5.44. The van der Waals surface area contributed by atoms with Crippen molar-refractivity contribution in [3.8, 4) is 0 Å². The predicted molar refractivity (Wildman–Crippen MR) is 84.4 cm³/mol. The first-order valence-electron chi connectivity index (χ1n) is 7.14. The lowest BCUT2D eigenvalue weighted by Gasteiger charge is -2.11. The van der Waals surface area contributed by atoms with Gasteiger partial charge >= 0.3 is 0 Å². The lowest BCUT2D eigenvalue weighted by molar-refractivity contribution is 0.793. The van der Waals surface area contributed by atoms with Gasteiger partial charge in [0.1, 0.15) is 0 Å². The summed E-state index contributed by atoms with van der Waals surface area (Å²) in [7, 11) is 0. The molecule has 0 bridgehead atoms. The summed E-state index contributed by atoms with van der Waals surface area (Å²) >= 11 is 0. The molecule has 0 spiro atoms. The van der Waals surface area contributed by atoms with Crippen molar-refractivity contribution in [3.05, 3.63) is 66.6 Å². The quantitative estimate of drug-likeness (QED) is 0.407. The van der Waals surface area contributed by atoms with E-state index in [-0.39, 0.29) is 0 Å². The van der Waals surface area contributed by atoms with E-state index >= 15 is 0 Å². The van der Waals surface area contributed by atoms with E-state index in [2.05, 4.69) is 67.9 Å². The first kappa shape index (κ1) is 12.2. The van der Waals surface area contributed by atoms with Gasteiger partial charge in [0, 0.05) is 0 Å². The van der Waals surface area contributed by atoms with Crippen LogP contribution in [0.1, 0.15) is 31.7 Å². The SMILES string of the molecule is CCCC[CH]c1c2ccccc2cc2ccccc12. The molecule has 0 nitrogen and oxygen atoms in total. The van der Waals surface area contributed by atoms with Crippen LogP contribution >= 0.6 is 0 Å². The average molecular weight is 247 g/mol. The van der Waals surface area contributed by atoms with E-state index in [4.69, 9.17) is 0 Å². The number of unbranched alkanes of at least 4 members (excludes halogenated alkanes) is 2. The normalized spacial score (nSPS) is 11.2. The Balaban J connectivity index is 2.21. The van der Waals surface area contributed by atoms with Crippen LogP contribution in [-0.2, 0) is 0 Å². The van der Waals surface area contributed by atoms with Crippen molar-refractivity contribution < 1.29 is 0 Å². The first-order chi connectivity index (χ1) is 9.40. The lowest BCUT2D eigenvalue weighted by Crippen LogP contribution is -1.88. The summed E-state index contributed by atoms with van der Waals surface area (Å²) in [6, 6.07) is 19.7. The summed E-state index contributed by atoms with van der Waals surface area (Å²) in [5.74, 6) is 0. The van der Waals surface area contributed by atoms with Crippen molar-refractivity contribution in [1.82, 2.24) is 0 Å². The molecule has 19 heavy (non-hydrogen) atoms. The molecule has 0 saturated heterocycles. The van der Waals surface area contributed by atoms with E-state index in [9.17, 15) is 0 Å². The second-order valence-electron chi connectivity index (χ2n) is 5.08. The molecule has 0 atom stereocenters. The summed E-state index contributed by atoms with van der Waals surface area (Å²) in [6.07, 6.45) is 6.08. The minimum atomic E-state index is 1.16. The summed E-state index contributed by atoms with van der Waals surface area (Å²) < 4.78 is 0. The van der Waals surface area contributed by atoms with E-state index in [0.717, 1.165) is 6.42 Å². The van der Waals surface area contributed by atoms with E-state index in [1.54, 1.807) is 0 Å². The maximum absolute atomic E-state index is 2.41. The lowest BCUT2D eigenvalue weighted by atomic mass is 9.93. The zero-order chi connectivity index (χ0) is 13.1. The van der Waals surface area contributed by atoms with Crippen LogP contribution in [0.2, 0.25) is 0 Å². The van der Waals surface area contributed by atoms with E-state index < -0.39 is 0 Å². The molecule has 0 aliphatic rings. The van der Waals surface area contributed by atoms with Crippen molar-refractivity contribution in [3.63, 3.8) is 0 Å². The second-order valence-corrected chi connectivity index (χ2v) is 5.08. The molecule has 0 aliphatic heterocycles. The topological polar surface area (TPSA) is 0 Å². The summed E-state index contributed by atoms with van der Waals surface area (Å²) in [6.45, 7) is 2.25. The molecule has 0 amide bonds. The number of hydrogen-bond donors (Lipinski definition) is 0. The molecule has 0 N–H and O–H groups in total. The van der Waals surface area contributed by atoms with Gasteiger partial charge in [-0.1, -0.05) is 68.3 Å². The Kier molecular flexibility index (Phi) is 3.50. The van der Waals surface area contributed by atoms with Crippen LogP contribution in [0.3, 0.4) is 0 Å². The van der Waals surface area contributed by atoms with Gasteiger partial charge in [-0.2, -0.15) is 0 Å². The maximum Gasteiger partial charge on any atom is -0.00803 e. The monoisotopic (exact) mass is 247 g/mol. The van der Waals surface area contributed by atoms with Gasteiger partial charge in [-0.15, -0.1) is 0 Å². The third-order valence-electron chi connectivity index (χ3n) is 3.72. The fourth-order valence-corrected chi connectivity index (χ4v) is 2.72. The summed E-state index contributed by atoms with van der Waals surface area (Å²) in [5, 5.41) is 5.42. The van der Waals surface area contributed by atoms with Gasteiger partial charge in [0.15, 0.2) is 0 Å². The molecule has 0 heterocycles. The van der Waals surface area contributed by atoms with Crippen LogP contribution in [0.15, 0.2) is 54.6 Å². The minimum absolute atomic E-state index is 1.16. The Hall–Kier alpha value is -1.82. The van der Waals surface area contributed by atoms with Crippen LogP contribution in [0.25, 0.3) is 21.5 Å². The van der Waals surface area contributed by atoms with Crippen molar-refractivity contribution in [1.29, 1.82) is 0 Å². The van der Waals surface area contributed by atoms with Gasteiger partial charge in [-0.25, -0.2) is 0 Å². The average Bonchev–Trinajstić information content (AvgIpc) is 2.46. The summed E-state index contributed by atoms with van der Waals surface area (Å²) in [4.78, 5) is 0. The molecule has 0 fully saturated rings. The van der Waals surface area contributed by atoms with Crippen molar-refractivity contribution >= 4 is 21.5 Å². The highest BCUT2D eigenvalue weighted by atomic mass is 14.1. The van der Waals surface area contributed by atoms with Crippen LogP contribution in [0.4, 0.5) is 0 Å². The molecule has 95 valence electrons. The van der Waals surface area contributed by atoms with Crippen LogP contribution < -0.4 is 0 Å². The van der Waals surface area contributed by atoms with Gasteiger partial charge in [-0.05, 0) is 46.0 Å². The van der Waals surface area contributed by atoms with Gasteiger partial charge in [0.25, 0.3) is 0 Å². The largest absolute Gasteiger partial charge is 0.0654 e. The molecular formula is C19H19. The Morgan fingerprint density at radius 2 is 1.42 bits per heavy atom. The zero-order valence-corrected chi connectivity index (χ0v) is 11.4. The number of benzene rings is 3. The Morgan fingerprint density at radius 1 is 0.842 bits per heavy atom. The van der Waals surface area contributed by atoms with E-state index in [1.807, 2.05) is 0 Å². The molecule has 0 saturated carbocycles. The van der Waals surface area contributed by atoms with Crippen LogP contribution in [0.5, 0.6) is 0 Å². The number of fused-ring (bicyclic) bond motifs is 2. The molecule has 3 rings (SSSR count). The Morgan fingerprint density at radius 3 is 2.00 bits per heavy atom. The number of hydrogen-bond acceptors (Lipinski definition) is 0. The fourth-order valence-electron chi connectivity index (χ4n) is 2.72. The molecule has 1 radical (unpaired) electrons. The van der Waals surface area contributed by atoms with Gasteiger partial charge < -0.3 is 0 Å². The minimum Gasteiger partial charge on any atom is -0.0654 e. The van der Waals surface area contributed by atoms with Gasteiger partial charge in [0.05, 0.1) is 0 Å². The zero-order valence-electron chi connectivity index (χ0n) is 11.4. The molecular weight excluding hydrogens is 228 g/mol. The fraction of sp³-hybridized carbons (Fsp3) is 0.211. The maximum atomic E-state index is 2.41. The van der Waals surface area contributed by atoms with Gasteiger partial charge in [-0.3, -0.25) is 0 Å². The van der Waals surface area contributed by atoms with Crippen molar-refractivity contribution in [2.45, 2.75) is 26.2 Å². The molecule has 0 aliphatic carbocycles. The first-order valence-corrected chi connectivity index (χ1v) is 7.14. The van der Waals surface area contributed by atoms with Crippen molar-refractivity contribution in [2.75, 3.05) is 0 Å². The van der Waals surface area contributed by atoms with Crippen molar-refractivity contribution in [2.24, 2.45) is 0 Å². The molecule has 3 aromatic rings. The molecule has 3 aromatic carbocycles. The molecule has 0 aromatic heterocycles. The highest BCUT2D eigenvalue weighted by Gasteiger charge is 2.06.